The lowest BCUT2D eigenvalue weighted by Crippen LogP contribution is -2.19. The molecule has 6 heteroatoms. The summed E-state index contributed by atoms with van der Waals surface area (Å²) in [5, 5.41) is 6.69. The zero-order valence-corrected chi connectivity index (χ0v) is 11.1. The van der Waals surface area contributed by atoms with Gasteiger partial charge in [-0.1, -0.05) is 18.2 Å². The minimum Gasteiger partial charge on any atom is -0.462 e. The van der Waals surface area contributed by atoms with Crippen molar-refractivity contribution >= 4 is 17.6 Å². The minimum absolute atomic E-state index is 0.0360. The van der Waals surface area contributed by atoms with Gasteiger partial charge in [-0.05, 0) is 19.1 Å². The summed E-state index contributed by atoms with van der Waals surface area (Å²) < 4.78 is 6.24. The second-order valence-corrected chi connectivity index (χ2v) is 4.06. The average Bonchev–Trinajstić information content (AvgIpc) is 2.88. The van der Waals surface area contributed by atoms with Gasteiger partial charge in [-0.25, -0.2) is 4.79 Å². The number of aromatic nitrogens is 2. The van der Waals surface area contributed by atoms with Crippen LogP contribution in [0.2, 0.25) is 0 Å². The topological polar surface area (TPSA) is 73.2 Å². The highest BCUT2D eigenvalue weighted by Crippen LogP contribution is 2.05. The summed E-state index contributed by atoms with van der Waals surface area (Å²) in [7, 11) is 0. The van der Waals surface area contributed by atoms with Gasteiger partial charge >= 0.3 is 5.97 Å². The maximum Gasteiger partial charge on any atom is 0.341 e. The van der Waals surface area contributed by atoms with Gasteiger partial charge in [0, 0.05) is 11.9 Å². The summed E-state index contributed by atoms with van der Waals surface area (Å²) in [6.07, 6.45) is 2.87. The molecule has 1 aromatic carbocycles. The van der Waals surface area contributed by atoms with E-state index in [-0.39, 0.29) is 12.5 Å². The van der Waals surface area contributed by atoms with E-state index in [1.807, 2.05) is 18.2 Å². The SMILES string of the molecule is CCOC(=O)c1cnn(CC(=O)Nc2ccccc2)c1. The smallest absolute Gasteiger partial charge is 0.341 e. The molecule has 2 aromatic rings. The lowest BCUT2D eigenvalue weighted by Gasteiger charge is -2.04. The molecule has 0 fully saturated rings. The molecule has 0 bridgehead atoms. The largest absolute Gasteiger partial charge is 0.462 e. The quantitative estimate of drug-likeness (QED) is 0.841. The van der Waals surface area contributed by atoms with Crippen LogP contribution in [0.4, 0.5) is 5.69 Å². The number of ether oxygens (including phenoxy) is 1. The van der Waals surface area contributed by atoms with Crippen LogP contribution in [0.3, 0.4) is 0 Å². The fraction of sp³-hybridized carbons (Fsp3) is 0.214. The molecule has 1 aromatic heterocycles. The lowest BCUT2D eigenvalue weighted by molar-refractivity contribution is -0.116. The van der Waals surface area contributed by atoms with Gasteiger partial charge in [-0.15, -0.1) is 0 Å². The number of nitrogens with zero attached hydrogens (tertiary/aromatic N) is 2. The molecule has 20 heavy (non-hydrogen) atoms. The molecule has 1 heterocycles. The summed E-state index contributed by atoms with van der Waals surface area (Å²) in [4.78, 5) is 23.3. The van der Waals surface area contributed by atoms with E-state index in [0.717, 1.165) is 5.69 Å². The van der Waals surface area contributed by atoms with Gasteiger partial charge in [0.2, 0.25) is 5.91 Å². The number of hydrogen-bond donors (Lipinski definition) is 1. The van der Waals surface area contributed by atoms with E-state index in [1.165, 1.54) is 17.1 Å². The molecule has 0 atom stereocenters. The van der Waals surface area contributed by atoms with Crippen molar-refractivity contribution in [2.45, 2.75) is 13.5 Å². The lowest BCUT2D eigenvalue weighted by atomic mass is 10.3. The molecule has 1 amide bonds. The van der Waals surface area contributed by atoms with Crippen LogP contribution in [-0.4, -0.2) is 28.3 Å². The molecule has 0 saturated carbocycles. The van der Waals surface area contributed by atoms with Crippen LogP contribution in [0, 0.1) is 0 Å². The van der Waals surface area contributed by atoms with Crippen LogP contribution in [0.1, 0.15) is 17.3 Å². The van der Waals surface area contributed by atoms with Crippen LogP contribution >= 0.6 is 0 Å². The second-order valence-electron chi connectivity index (χ2n) is 4.06. The number of esters is 1. The highest BCUT2D eigenvalue weighted by Gasteiger charge is 2.11. The molecular formula is C14H15N3O3. The van der Waals surface area contributed by atoms with Gasteiger partial charge in [-0.3, -0.25) is 9.48 Å². The van der Waals surface area contributed by atoms with Crippen molar-refractivity contribution in [2.24, 2.45) is 0 Å². The number of benzene rings is 1. The second kappa shape index (κ2) is 6.51. The molecule has 0 aliphatic heterocycles. The summed E-state index contributed by atoms with van der Waals surface area (Å²) >= 11 is 0. The average molecular weight is 273 g/mol. The number of amides is 1. The molecule has 104 valence electrons. The molecule has 0 aliphatic rings. The molecular weight excluding hydrogens is 258 g/mol. The number of rotatable bonds is 5. The van der Waals surface area contributed by atoms with Crippen molar-refractivity contribution in [1.82, 2.24) is 9.78 Å². The maximum atomic E-state index is 11.8. The van der Waals surface area contributed by atoms with Crippen LogP contribution < -0.4 is 5.32 Å². The third-order valence-electron chi connectivity index (χ3n) is 2.51. The Kier molecular flexibility index (Phi) is 4.49. The number of carbonyl (C=O) groups is 2. The standard InChI is InChI=1S/C14H15N3O3/c1-2-20-14(19)11-8-15-17(9-11)10-13(18)16-12-6-4-3-5-7-12/h3-9H,2,10H2,1H3,(H,16,18). The molecule has 6 nitrogen and oxygen atoms in total. The number of nitrogens with one attached hydrogen (secondary N) is 1. The van der Waals surface area contributed by atoms with Gasteiger partial charge < -0.3 is 10.1 Å². The Hall–Kier alpha value is -2.63. The van der Waals surface area contributed by atoms with Crippen molar-refractivity contribution in [3.63, 3.8) is 0 Å². The summed E-state index contributed by atoms with van der Waals surface area (Å²) in [5.41, 5.74) is 1.05. The molecule has 0 saturated heterocycles. The fourth-order valence-electron chi connectivity index (χ4n) is 1.64. The molecule has 0 radical (unpaired) electrons. The number of hydrogen-bond acceptors (Lipinski definition) is 4. The van der Waals surface area contributed by atoms with Crippen LogP contribution in [0.25, 0.3) is 0 Å². The van der Waals surface area contributed by atoms with E-state index in [1.54, 1.807) is 19.1 Å². The summed E-state index contributed by atoms with van der Waals surface area (Å²) in [6.45, 7) is 2.07. The van der Waals surface area contributed by atoms with E-state index in [4.69, 9.17) is 4.74 Å². The number of para-hydroxylation sites is 1. The van der Waals surface area contributed by atoms with E-state index < -0.39 is 5.97 Å². The molecule has 0 spiro atoms. The Morgan fingerprint density at radius 3 is 2.75 bits per heavy atom. The highest BCUT2D eigenvalue weighted by molar-refractivity contribution is 5.91. The van der Waals surface area contributed by atoms with Gasteiger partial charge in [0.15, 0.2) is 0 Å². The zero-order valence-electron chi connectivity index (χ0n) is 11.1. The van der Waals surface area contributed by atoms with Gasteiger partial charge in [-0.2, -0.15) is 5.10 Å². The van der Waals surface area contributed by atoms with E-state index in [2.05, 4.69) is 10.4 Å². The molecule has 2 rings (SSSR count). The first-order chi connectivity index (χ1) is 9.69. The normalized spacial score (nSPS) is 10.1. The van der Waals surface area contributed by atoms with Crippen LogP contribution in [-0.2, 0) is 16.1 Å². The van der Waals surface area contributed by atoms with Gasteiger partial charge in [0.1, 0.15) is 6.54 Å². The maximum absolute atomic E-state index is 11.8. The van der Waals surface area contributed by atoms with Crippen LogP contribution in [0.5, 0.6) is 0 Å². The number of carbonyl (C=O) groups excluding carboxylic acids is 2. The van der Waals surface area contributed by atoms with Gasteiger partial charge in [0.05, 0.1) is 18.4 Å². The first-order valence-electron chi connectivity index (χ1n) is 6.23. The van der Waals surface area contributed by atoms with Crippen molar-refractivity contribution in [3.05, 3.63) is 48.3 Å². The molecule has 0 unspecified atom stereocenters. The van der Waals surface area contributed by atoms with E-state index >= 15 is 0 Å². The number of anilines is 1. The van der Waals surface area contributed by atoms with Crippen molar-refractivity contribution < 1.29 is 14.3 Å². The van der Waals surface area contributed by atoms with Crippen molar-refractivity contribution in [1.29, 1.82) is 0 Å². The molecule has 1 N–H and O–H groups in total. The third kappa shape index (κ3) is 3.68. The van der Waals surface area contributed by atoms with E-state index in [9.17, 15) is 9.59 Å². The van der Waals surface area contributed by atoms with Gasteiger partial charge in [0.25, 0.3) is 0 Å². The fourth-order valence-corrected chi connectivity index (χ4v) is 1.64. The Bertz CT molecular complexity index is 593. The Labute approximate surface area is 116 Å². The highest BCUT2D eigenvalue weighted by atomic mass is 16.5. The Balaban J connectivity index is 1.93. The predicted molar refractivity (Wildman–Crippen MR) is 73.3 cm³/mol. The minimum atomic E-state index is -0.442. The molecule has 0 aliphatic carbocycles. The van der Waals surface area contributed by atoms with E-state index in [0.29, 0.717) is 12.2 Å². The first-order valence-corrected chi connectivity index (χ1v) is 6.23. The predicted octanol–water partition coefficient (Wildman–Crippen LogP) is 1.70. The third-order valence-corrected chi connectivity index (χ3v) is 2.51. The summed E-state index contributed by atoms with van der Waals surface area (Å²) in [6, 6.07) is 9.13. The first kappa shape index (κ1) is 13.8. The van der Waals surface area contributed by atoms with Crippen LogP contribution in [0.15, 0.2) is 42.7 Å². The summed E-state index contributed by atoms with van der Waals surface area (Å²) in [5.74, 6) is -0.656. The zero-order chi connectivity index (χ0) is 14.4. The monoisotopic (exact) mass is 273 g/mol. The Morgan fingerprint density at radius 1 is 1.30 bits per heavy atom. The Morgan fingerprint density at radius 2 is 2.05 bits per heavy atom. The van der Waals surface area contributed by atoms with Crippen molar-refractivity contribution in [2.75, 3.05) is 11.9 Å². The van der Waals surface area contributed by atoms with Crippen molar-refractivity contribution in [3.8, 4) is 0 Å².